The minimum Gasteiger partial charge on any atom is -0.314 e. The van der Waals surface area contributed by atoms with E-state index in [-0.39, 0.29) is 36.4 Å². The summed E-state index contributed by atoms with van der Waals surface area (Å²) < 4.78 is 29.1. The zero-order valence-electron chi connectivity index (χ0n) is 12.2. The fourth-order valence-electron chi connectivity index (χ4n) is 3.25. The van der Waals surface area contributed by atoms with Crippen LogP contribution in [0.25, 0.3) is 0 Å². The molecule has 1 N–H and O–H groups in total. The number of halogens is 5. The van der Waals surface area contributed by atoms with E-state index in [1.807, 2.05) is 0 Å². The van der Waals surface area contributed by atoms with Crippen molar-refractivity contribution in [2.75, 3.05) is 26.2 Å². The van der Waals surface area contributed by atoms with Crippen LogP contribution in [0.2, 0.25) is 0 Å². The first-order valence-corrected chi connectivity index (χ1v) is 8.06. The van der Waals surface area contributed by atoms with Gasteiger partial charge in [-0.1, -0.05) is 6.42 Å². The number of hydrogen-bond donors (Lipinski definition) is 1. The average molecular weight is 418 g/mol. The molecule has 3 rings (SSSR count). The standard InChI is InChI=1S/C15H19BrF2N2.2ClH/c16-11-4-5-12(17)13(14(11)18)15(10-2-1-3-10)20-8-6-19-7-9-20;;/h4-5,10,15,19H,1-3,6-9H2;2*1H/t15-;;/m0../s1. The van der Waals surface area contributed by atoms with Crippen LogP contribution in [0.1, 0.15) is 30.9 Å². The fraction of sp³-hybridized carbons (Fsp3) is 0.600. The molecule has 22 heavy (non-hydrogen) atoms. The van der Waals surface area contributed by atoms with Crippen LogP contribution in [0.5, 0.6) is 0 Å². The van der Waals surface area contributed by atoms with Crippen molar-refractivity contribution in [1.82, 2.24) is 10.2 Å². The normalized spacial score (nSPS) is 20.5. The number of rotatable bonds is 3. The summed E-state index contributed by atoms with van der Waals surface area (Å²) in [6.07, 6.45) is 3.31. The minimum atomic E-state index is -0.430. The summed E-state index contributed by atoms with van der Waals surface area (Å²) in [5, 5.41) is 3.30. The number of benzene rings is 1. The van der Waals surface area contributed by atoms with Crippen molar-refractivity contribution in [3.05, 3.63) is 33.8 Å². The SMILES string of the molecule is Cl.Cl.Fc1ccc(Br)c(F)c1[C@H](C1CCC1)N1CCNCC1. The van der Waals surface area contributed by atoms with Crippen molar-refractivity contribution >= 4 is 40.7 Å². The lowest BCUT2D eigenvalue weighted by atomic mass is 9.76. The zero-order chi connectivity index (χ0) is 14.1. The number of nitrogens with one attached hydrogen (secondary N) is 1. The molecular weight excluding hydrogens is 397 g/mol. The molecule has 2 aliphatic rings. The average Bonchev–Trinajstić information content (AvgIpc) is 2.41. The second-order valence-corrected chi connectivity index (χ2v) is 6.53. The Morgan fingerprint density at radius 3 is 2.32 bits per heavy atom. The molecule has 7 heteroatoms. The lowest BCUT2D eigenvalue weighted by Crippen LogP contribution is -2.48. The summed E-state index contributed by atoms with van der Waals surface area (Å²) in [5.41, 5.74) is 0.256. The van der Waals surface area contributed by atoms with E-state index in [4.69, 9.17) is 0 Å². The van der Waals surface area contributed by atoms with Crippen LogP contribution in [0, 0.1) is 17.6 Å². The molecule has 0 unspecified atom stereocenters. The van der Waals surface area contributed by atoms with Crippen LogP contribution in [0.4, 0.5) is 8.78 Å². The molecule has 126 valence electrons. The Bertz CT molecular complexity index is 495. The van der Waals surface area contributed by atoms with Gasteiger partial charge in [0, 0.05) is 37.8 Å². The Labute approximate surface area is 151 Å². The highest BCUT2D eigenvalue weighted by atomic mass is 79.9. The summed E-state index contributed by atoms with van der Waals surface area (Å²) in [7, 11) is 0. The maximum Gasteiger partial charge on any atom is 0.145 e. The van der Waals surface area contributed by atoms with E-state index in [0.717, 1.165) is 39.0 Å². The maximum atomic E-state index is 14.5. The van der Waals surface area contributed by atoms with Gasteiger partial charge in [-0.25, -0.2) is 8.78 Å². The van der Waals surface area contributed by atoms with Gasteiger partial charge in [0.2, 0.25) is 0 Å². The molecule has 2 nitrogen and oxygen atoms in total. The van der Waals surface area contributed by atoms with Crippen molar-refractivity contribution in [3.8, 4) is 0 Å². The summed E-state index contributed by atoms with van der Waals surface area (Å²) in [5.74, 6) is -0.465. The molecule has 1 aliphatic carbocycles. The highest BCUT2D eigenvalue weighted by molar-refractivity contribution is 9.10. The van der Waals surface area contributed by atoms with Gasteiger partial charge >= 0.3 is 0 Å². The highest BCUT2D eigenvalue weighted by Gasteiger charge is 2.37. The van der Waals surface area contributed by atoms with Crippen LogP contribution in [-0.2, 0) is 0 Å². The fourth-order valence-corrected chi connectivity index (χ4v) is 3.59. The Balaban J connectivity index is 0.00000121. The predicted octanol–water partition coefficient (Wildman–Crippen LogP) is 4.32. The third-order valence-corrected chi connectivity index (χ3v) is 5.13. The van der Waals surface area contributed by atoms with E-state index in [1.54, 1.807) is 0 Å². The number of hydrogen-bond acceptors (Lipinski definition) is 2. The first-order chi connectivity index (χ1) is 9.68. The zero-order valence-corrected chi connectivity index (χ0v) is 15.4. The topological polar surface area (TPSA) is 15.3 Å². The van der Waals surface area contributed by atoms with Gasteiger partial charge in [0.05, 0.1) is 4.47 Å². The largest absolute Gasteiger partial charge is 0.314 e. The molecule has 1 saturated carbocycles. The smallest absolute Gasteiger partial charge is 0.145 e. The molecule has 1 heterocycles. The molecule has 2 fully saturated rings. The monoisotopic (exact) mass is 416 g/mol. The number of piperazine rings is 1. The van der Waals surface area contributed by atoms with Crippen LogP contribution >= 0.6 is 40.7 Å². The second kappa shape index (κ2) is 8.78. The Hall–Kier alpha value is 0.0600. The summed E-state index contributed by atoms with van der Waals surface area (Å²) in [6, 6.07) is 2.70. The van der Waals surface area contributed by atoms with E-state index in [2.05, 4.69) is 26.1 Å². The molecule has 0 radical (unpaired) electrons. The van der Waals surface area contributed by atoms with E-state index in [9.17, 15) is 8.78 Å². The molecule has 1 aromatic carbocycles. The van der Waals surface area contributed by atoms with Crippen LogP contribution < -0.4 is 5.32 Å². The van der Waals surface area contributed by atoms with E-state index >= 15 is 0 Å². The number of nitrogens with zero attached hydrogens (tertiary/aromatic N) is 1. The Morgan fingerprint density at radius 1 is 1.14 bits per heavy atom. The second-order valence-electron chi connectivity index (χ2n) is 5.68. The predicted molar refractivity (Wildman–Crippen MR) is 93.1 cm³/mol. The van der Waals surface area contributed by atoms with Gasteiger partial charge in [0.15, 0.2) is 0 Å². The van der Waals surface area contributed by atoms with Crippen molar-refractivity contribution < 1.29 is 8.78 Å². The minimum absolute atomic E-state index is 0. The van der Waals surface area contributed by atoms with Crippen LogP contribution in [0.3, 0.4) is 0 Å². The van der Waals surface area contributed by atoms with Crippen molar-refractivity contribution in [3.63, 3.8) is 0 Å². The third kappa shape index (κ3) is 3.93. The van der Waals surface area contributed by atoms with E-state index < -0.39 is 11.6 Å². The Morgan fingerprint density at radius 2 is 1.77 bits per heavy atom. The van der Waals surface area contributed by atoms with Gasteiger partial charge in [-0.2, -0.15) is 0 Å². The third-order valence-electron chi connectivity index (χ3n) is 4.52. The van der Waals surface area contributed by atoms with Crippen LogP contribution in [0.15, 0.2) is 16.6 Å². The van der Waals surface area contributed by atoms with Crippen molar-refractivity contribution in [2.24, 2.45) is 5.92 Å². The highest BCUT2D eigenvalue weighted by Crippen LogP contribution is 2.43. The van der Waals surface area contributed by atoms with Gasteiger partial charge in [0.1, 0.15) is 11.6 Å². The van der Waals surface area contributed by atoms with E-state index in [1.165, 1.54) is 18.6 Å². The molecule has 1 aromatic rings. The molecule has 1 atom stereocenters. The van der Waals surface area contributed by atoms with Crippen molar-refractivity contribution in [1.29, 1.82) is 0 Å². The molecule has 0 bridgehead atoms. The van der Waals surface area contributed by atoms with Gasteiger partial charge in [0.25, 0.3) is 0 Å². The molecule has 1 aliphatic heterocycles. The first kappa shape index (κ1) is 20.1. The lowest BCUT2D eigenvalue weighted by molar-refractivity contribution is 0.0783. The summed E-state index contributed by atoms with van der Waals surface area (Å²) in [6.45, 7) is 3.49. The van der Waals surface area contributed by atoms with Gasteiger partial charge in [-0.05, 0) is 46.8 Å². The lowest BCUT2D eigenvalue weighted by Gasteiger charge is -2.43. The molecule has 0 amide bonds. The van der Waals surface area contributed by atoms with Gasteiger partial charge in [-0.15, -0.1) is 24.8 Å². The van der Waals surface area contributed by atoms with Gasteiger partial charge in [-0.3, -0.25) is 4.90 Å². The summed E-state index contributed by atoms with van der Waals surface area (Å²) in [4.78, 5) is 2.24. The van der Waals surface area contributed by atoms with E-state index in [0.29, 0.717) is 10.4 Å². The molecule has 1 saturated heterocycles. The molecular formula is C15H21BrCl2F2N2. The Kier molecular flexibility index (Phi) is 8.03. The van der Waals surface area contributed by atoms with Crippen molar-refractivity contribution in [2.45, 2.75) is 25.3 Å². The first-order valence-electron chi connectivity index (χ1n) is 7.26. The molecule has 0 spiro atoms. The summed E-state index contributed by atoms with van der Waals surface area (Å²) >= 11 is 3.19. The van der Waals surface area contributed by atoms with Gasteiger partial charge < -0.3 is 5.32 Å². The molecule has 0 aromatic heterocycles. The maximum absolute atomic E-state index is 14.5. The quantitative estimate of drug-likeness (QED) is 0.736. The van der Waals surface area contributed by atoms with Crippen LogP contribution in [-0.4, -0.2) is 31.1 Å².